The molecule has 102 valence electrons. The lowest BCUT2D eigenvalue weighted by Crippen LogP contribution is -2.43. The van der Waals surface area contributed by atoms with Crippen LogP contribution in [0.5, 0.6) is 0 Å². The van der Waals surface area contributed by atoms with Gasteiger partial charge in [0.2, 0.25) is 5.91 Å². The van der Waals surface area contributed by atoms with Crippen LogP contribution in [0.4, 0.5) is 0 Å². The maximum Gasteiger partial charge on any atom is 0.326 e. The molecule has 2 rings (SSSR count). The molecule has 2 atom stereocenters. The molecule has 1 heterocycles. The lowest BCUT2D eigenvalue weighted by molar-refractivity contribution is -0.149. The molecule has 19 heavy (non-hydrogen) atoms. The van der Waals surface area contributed by atoms with E-state index in [2.05, 4.69) is 15.9 Å². The first kappa shape index (κ1) is 14.1. The first-order chi connectivity index (χ1) is 8.99. The number of benzene rings is 1. The standard InChI is InChI=1S/C14H16BrNO3/c1-9-5-6-16(13(9)14(18)19)12(17)8-10-3-2-4-11(15)7-10/h2-4,7,9,13H,5-6,8H2,1H3,(H,18,19). The number of carboxylic acids is 1. The van der Waals surface area contributed by atoms with Crippen molar-refractivity contribution in [1.29, 1.82) is 0 Å². The van der Waals surface area contributed by atoms with Gasteiger partial charge in [0.25, 0.3) is 0 Å². The van der Waals surface area contributed by atoms with Gasteiger partial charge in [0.15, 0.2) is 0 Å². The van der Waals surface area contributed by atoms with Crippen LogP contribution in [-0.2, 0) is 16.0 Å². The Morgan fingerprint density at radius 3 is 2.84 bits per heavy atom. The summed E-state index contributed by atoms with van der Waals surface area (Å²) in [6.45, 7) is 2.41. The van der Waals surface area contributed by atoms with E-state index in [0.29, 0.717) is 6.54 Å². The quantitative estimate of drug-likeness (QED) is 0.927. The Morgan fingerprint density at radius 1 is 1.47 bits per heavy atom. The molecule has 0 bridgehead atoms. The summed E-state index contributed by atoms with van der Waals surface area (Å²) in [5.74, 6) is -1.01. The van der Waals surface area contributed by atoms with Crippen LogP contribution in [0.2, 0.25) is 0 Å². The van der Waals surface area contributed by atoms with Crippen molar-refractivity contribution < 1.29 is 14.7 Å². The number of hydrogen-bond donors (Lipinski definition) is 1. The summed E-state index contributed by atoms with van der Waals surface area (Å²) in [7, 11) is 0. The summed E-state index contributed by atoms with van der Waals surface area (Å²) in [5.41, 5.74) is 0.892. The Morgan fingerprint density at radius 2 is 2.21 bits per heavy atom. The number of carbonyl (C=O) groups is 2. The minimum atomic E-state index is -0.910. The third-order valence-electron chi connectivity index (χ3n) is 3.52. The molecule has 1 N–H and O–H groups in total. The Bertz CT molecular complexity index is 503. The fourth-order valence-electron chi connectivity index (χ4n) is 2.53. The monoisotopic (exact) mass is 325 g/mol. The Kier molecular flexibility index (Phi) is 4.24. The lowest BCUT2D eigenvalue weighted by atomic mass is 10.0. The molecular weight excluding hydrogens is 310 g/mol. The molecule has 0 aromatic heterocycles. The third kappa shape index (κ3) is 3.15. The summed E-state index contributed by atoms with van der Waals surface area (Å²) in [5, 5.41) is 9.21. The molecule has 1 saturated heterocycles. The van der Waals surface area contributed by atoms with Gasteiger partial charge < -0.3 is 10.0 Å². The van der Waals surface area contributed by atoms with Crippen molar-refractivity contribution in [2.45, 2.75) is 25.8 Å². The maximum absolute atomic E-state index is 12.2. The lowest BCUT2D eigenvalue weighted by Gasteiger charge is -2.23. The third-order valence-corrected chi connectivity index (χ3v) is 4.01. The Labute approximate surface area is 120 Å². The van der Waals surface area contributed by atoms with E-state index in [-0.39, 0.29) is 18.2 Å². The van der Waals surface area contributed by atoms with Crippen LogP contribution < -0.4 is 0 Å². The fraction of sp³-hybridized carbons (Fsp3) is 0.429. The van der Waals surface area contributed by atoms with Gasteiger partial charge >= 0.3 is 5.97 Å². The van der Waals surface area contributed by atoms with Crippen molar-refractivity contribution in [3.05, 3.63) is 34.3 Å². The first-order valence-electron chi connectivity index (χ1n) is 6.25. The number of halogens is 1. The van der Waals surface area contributed by atoms with Gasteiger partial charge in [-0.3, -0.25) is 4.79 Å². The molecule has 1 aliphatic heterocycles. The molecule has 1 aromatic rings. The second kappa shape index (κ2) is 5.74. The van der Waals surface area contributed by atoms with E-state index >= 15 is 0 Å². The van der Waals surface area contributed by atoms with E-state index in [4.69, 9.17) is 0 Å². The minimum Gasteiger partial charge on any atom is -0.480 e. The topological polar surface area (TPSA) is 57.6 Å². The van der Waals surface area contributed by atoms with Gasteiger partial charge in [-0.15, -0.1) is 0 Å². The van der Waals surface area contributed by atoms with Crippen LogP contribution >= 0.6 is 15.9 Å². The van der Waals surface area contributed by atoms with Crippen LogP contribution in [0, 0.1) is 5.92 Å². The molecule has 0 aliphatic carbocycles. The van der Waals surface area contributed by atoms with Crippen LogP contribution in [0.1, 0.15) is 18.9 Å². The number of rotatable bonds is 3. The number of amides is 1. The highest BCUT2D eigenvalue weighted by molar-refractivity contribution is 9.10. The van der Waals surface area contributed by atoms with Gasteiger partial charge in [-0.25, -0.2) is 4.79 Å². The van der Waals surface area contributed by atoms with Gasteiger partial charge in [-0.2, -0.15) is 0 Å². The van der Waals surface area contributed by atoms with Crippen molar-refractivity contribution in [3.8, 4) is 0 Å². The number of nitrogens with zero attached hydrogens (tertiary/aromatic N) is 1. The predicted molar refractivity (Wildman–Crippen MR) is 74.8 cm³/mol. The molecule has 0 saturated carbocycles. The molecule has 0 spiro atoms. The molecule has 0 radical (unpaired) electrons. The van der Waals surface area contributed by atoms with E-state index in [1.165, 1.54) is 4.90 Å². The second-order valence-corrected chi connectivity index (χ2v) is 5.86. The van der Waals surface area contributed by atoms with Crippen LogP contribution in [0.25, 0.3) is 0 Å². The van der Waals surface area contributed by atoms with Gasteiger partial charge in [0, 0.05) is 11.0 Å². The number of carbonyl (C=O) groups excluding carboxylic acids is 1. The molecule has 1 aromatic carbocycles. The molecule has 2 unspecified atom stereocenters. The van der Waals surface area contributed by atoms with Crippen LogP contribution in [-0.4, -0.2) is 34.5 Å². The van der Waals surface area contributed by atoms with Crippen molar-refractivity contribution in [2.75, 3.05) is 6.54 Å². The van der Waals surface area contributed by atoms with Gasteiger partial charge in [0.05, 0.1) is 6.42 Å². The molecule has 1 fully saturated rings. The Hall–Kier alpha value is -1.36. The summed E-state index contributed by atoms with van der Waals surface area (Å²) < 4.78 is 0.919. The van der Waals surface area contributed by atoms with Gasteiger partial charge in [0.1, 0.15) is 6.04 Å². The van der Waals surface area contributed by atoms with E-state index in [1.807, 2.05) is 31.2 Å². The predicted octanol–water partition coefficient (Wildman–Crippen LogP) is 2.31. The second-order valence-electron chi connectivity index (χ2n) is 4.94. The first-order valence-corrected chi connectivity index (χ1v) is 7.05. The molecule has 4 nitrogen and oxygen atoms in total. The zero-order valence-electron chi connectivity index (χ0n) is 10.7. The van der Waals surface area contributed by atoms with E-state index in [9.17, 15) is 14.7 Å². The summed E-state index contributed by atoms with van der Waals surface area (Å²) in [6.07, 6.45) is 0.997. The fourth-order valence-corrected chi connectivity index (χ4v) is 2.97. The average molecular weight is 326 g/mol. The largest absolute Gasteiger partial charge is 0.480 e. The smallest absolute Gasteiger partial charge is 0.326 e. The van der Waals surface area contributed by atoms with Crippen molar-refractivity contribution in [3.63, 3.8) is 0 Å². The van der Waals surface area contributed by atoms with Crippen LogP contribution in [0.15, 0.2) is 28.7 Å². The van der Waals surface area contributed by atoms with Crippen LogP contribution in [0.3, 0.4) is 0 Å². The number of aliphatic carboxylic acids is 1. The van der Waals surface area contributed by atoms with Crippen molar-refractivity contribution in [2.24, 2.45) is 5.92 Å². The normalized spacial score (nSPS) is 22.5. The maximum atomic E-state index is 12.2. The number of hydrogen-bond acceptors (Lipinski definition) is 2. The number of likely N-dealkylation sites (tertiary alicyclic amines) is 1. The minimum absolute atomic E-state index is 0.0176. The van der Waals surface area contributed by atoms with E-state index in [0.717, 1.165) is 16.5 Å². The average Bonchev–Trinajstić information content (AvgIpc) is 2.71. The molecular formula is C14H16BrNO3. The summed E-state index contributed by atoms with van der Waals surface area (Å²) in [4.78, 5) is 25.0. The van der Waals surface area contributed by atoms with Gasteiger partial charge in [-0.1, -0.05) is 35.0 Å². The van der Waals surface area contributed by atoms with E-state index in [1.54, 1.807) is 0 Å². The van der Waals surface area contributed by atoms with Crippen molar-refractivity contribution in [1.82, 2.24) is 4.90 Å². The SMILES string of the molecule is CC1CCN(C(=O)Cc2cccc(Br)c2)C1C(=O)O. The zero-order chi connectivity index (χ0) is 14.0. The Balaban J connectivity index is 2.10. The molecule has 1 amide bonds. The highest BCUT2D eigenvalue weighted by atomic mass is 79.9. The van der Waals surface area contributed by atoms with E-state index < -0.39 is 12.0 Å². The highest BCUT2D eigenvalue weighted by Crippen LogP contribution is 2.25. The summed E-state index contributed by atoms with van der Waals surface area (Å²) in [6, 6.07) is 6.84. The summed E-state index contributed by atoms with van der Waals surface area (Å²) >= 11 is 3.36. The highest BCUT2D eigenvalue weighted by Gasteiger charge is 2.39. The van der Waals surface area contributed by atoms with Gasteiger partial charge in [-0.05, 0) is 30.0 Å². The molecule has 5 heteroatoms. The molecule has 1 aliphatic rings. The van der Waals surface area contributed by atoms with Crippen molar-refractivity contribution >= 4 is 27.8 Å². The zero-order valence-corrected chi connectivity index (χ0v) is 12.3. The number of carboxylic acid groups (broad SMARTS) is 1.